The smallest absolute Gasteiger partial charge is 0.315 e. The fourth-order valence-corrected chi connectivity index (χ4v) is 3.66. The minimum atomic E-state index is -0.640. The van der Waals surface area contributed by atoms with Gasteiger partial charge in [-0.1, -0.05) is 30.3 Å². The van der Waals surface area contributed by atoms with Gasteiger partial charge in [0.2, 0.25) is 0 Å². The molecule has 0 fully saturated rings. The summed E-state index contributed by atoms with van der Waals surface area (Å²) in [5, 5.41) is 3.73. The normalized spacial score (nSPS) is 24.1. The molecule has 0 amide bonds. The number of ketones is 1. The number of esters is 1. The second-order valence-corrected chi connectivity index (χ2v) is 6.29. The third-order valence-corrected chi connectivity index (χ3v) is 4.69. The van der Waals surface area contributed by atoms with Crippen LogP contribution in [0.5, 0.6) is 0 Å². The van der Waals surface area contributed by atoms with E-state index < -0.39 is 17.8 Å². The number of hydrogen-bond acceptors (Lipinski definition) is 4. The van der Waals surface area contributed by atoms with Gasteiger partial charge in [0.1, 0.15) is 5.92 Å². The summed E-state index contributed by atoms with van der Waals surface area (Å²) in [5.74, 6) is -1.38. The predicted octanol–water partition coefficient (Wildman–Crippen LogP) is 3.34. The number of Topliss-reactive ketones (excluding diaryl/α,β-unsaturated/α-hetero) is 1. The van der Waals surface area contributed by atoms with Crippen molar-refractivity contribution in [1.82, 2.24) is 5.32 Å². The van der Waals surface area contributed by atoms with Crippen molar-refractivity contribution in [2.45, 2.75) is 25.2 Å². The lowest BCUT2D eigenvalue weighted by Gasteiger charge is -2.38. The average molecular weight is 332 g/mol. The van der Waals surface area contributed by atoms with Gasteiger partial charge in [-0.05, 0) is 30.5 Å². The third kappa shape index (κ3) is 2.79. The van der Waals surface area contributed by atoms with E-state index in [0.717, 1.165) is 24.1 Å². The van der Waals surface area contributed by atoms with E-state index in [1.807, 2.05) is 12.1 Å². The van der Waals surface area contributed by atoms with Gasteiger partial charge in [-0.2, -0.15) is 0 Å². The second-order valence-electron chi connectivity index (χ2n) is 5.85. The summed E-state index contributed by atoms with van der Waals surface area (Å²) in [6.45, 7) is 3.99. The van der Waals surface area contributed by atoms with Crippen LogP contribution in [-0.4, -0.2) is 18.9 Å². The fourth-order valence-electron chi connectivity index (χ4n) is 3.46. The van der Waals surface area contributed by atoms with Crippen molar-refractivity contribution < 1.29 is 14.3 Å². The van der Waals surface area contributed by atoms with Crippen molar-refractivity contribution in [2.24, 2.45) is 5.92 Å². The number of rotatable bonds is 2. The Morgan fingerprint density at radius 1 is 1.39 bits per heavy atom. The second kappa shape index (κ2) is 6.20. The fraction of sp³-hybridized carbons (Fsp3) is 0.333. The van der Waals surface area contributed by atoms with E-state index in [-0.39, 0.29) is 5.78 Å². The van der Waals surface area contributed by atoms with E-state index in [4.69, 9.17) is 16.3 Å². The average Bonchev–Trinajstić information content (AvgIpc) is 2.53. The van der Waals surface area contributed by atoms with Crippen LogP contribution in [0.15, 0.2) is 47.8 Å². The van der Waals surface area contributed by atoms with E-state index in [2.05, 4.69) is 11.9 Å². The highest BCUT2D eigenvalue weighted by Gasteiger charge is 2.43. The van der Waals surface area contributed by atoms with E-state index in [1.165, 1.54) is 7.11 Å². The number of hydrogen-bond donors (Lipinski definition) is 1. The first-order valence-electron chi connectivity index (χ1n) is 7.58. The lowest BCUT2D eigenvalue weighted by atomic mass is 9.71. The monoisotopic (exact) mass is 331 g/mol. The molecule has 0 saturated heterocycles. The lowest BCUT2D eigenvalue weighted by molar-refractivity contribution is -0.144. The molecule has 0 bridgehead atoms. The SMILES string of the molecule is C=C1NC2=C(C(=O)CCC2)C(c2cccc(Cl)c2)C1C(=O)OC. The van der Waals surface area contributed by atoms with Crippen molar-refractivity contribution in [3.63, 3.8) is 0 Å². The van der Waals surface area contributed by atoms with Gasteiger partial charge in [-0.3, -0.25) is 9.59 Å². The molecule has 5 heteroatoms. The number of halogens is 1. The third-order valence-electron chi connectivity index (χ3n) is 4.45. The topological polar surface area (TPSA) is 55.4 Å². The Morgan fingerprint density at radius 3 is 2.87 bits per heavy atom. The van der Waals surface area contributed by atoms with Crippen LogP contribution >= 0.6 is 11.6 Å². The van der Waals surface area contributed by atoms with Crippen molar-refractivity contribution in [2.75, 3.05) is 7.11 Å². The maximum atomic E-state index is 12.5. The zero-order valence-electron chi connectivity index (χ0n) is 12.9. The number of nitrogens with one attached hydrogen (secondary N) is 1. The lowest BCUT2D eigenvalue weighted by Crippen LogP contribution is -2.40. The highest BCUT2D eigenvalue weighted by atomic mass is 35.5. The first kappa shape index (κ1) is 15.8. The molecule has 2 aliphatic rings. The van der Waals surface area contributed by atoms with Crippen molar-refractivity contribution in [1.29, 1.82) is 0 Å². The number of carbonyl (C=O) groups excluding carboxylic acids is 2. The molecule has 4 nitrogen and oxygen atoms in total. The molecule has 23 heavy (non-hydrogen) atoms. The molecule has 2 unspecified atom stereocenters. The van der Waals surface area contributed by atoms with Gasteiger partial charge in [-0.15, -0.1) is 0 Å². The Kier molecular flexibility index (Phi) is 4.26. The Hall–Kier alpha value is -2.07. The van der Waals surface area contributed by atoms with Gasteiger partial charge in [-0.25, -0.2) is 0 Å². The van der Waals surface area contributed by atoms with Gasteiger partial charge in [0.25, 0.3) is 0 Å². The van der Waals surface area contributed by atoms with Crippen LogP contribution in [-0.2, 0) is 14.3 Å². The molecule has 1 aliphatic carbocycles. The summed E-state index contributed by atoms with van der Waals surface area (Å²) in [6, 6.07) is 7.28. The molecule has 1 aromatic carbocycles. The number of carbonyl (C=O) groups is 2. The quantitative estimate of drug-likeness (QED) is 0.844. The number of methoxy groups -OCH3 is 1. The number of benzene rings is 1. The zero-order valence-corrected chi connectivity index (χ0v) is 13.7. The predicted molar refractivity (Wildman–Crippen MR) is 87.9 cm³/mol. The molecular formula is C18H18ClNO3. The van der Waals surface area contributed by atoms with Crippen LogP contribution in [0.25, 0.3) is 0 Å². The standard InChI is InChI=1S/C18H18ClNO3/c1-10-15(18(22)23-2)16(11-5-3-6-12(19)9-11)17-13(20-10)7-4-8-14(17)21/h3,5-6,9,15-16,20H,1,4,7-8H2,2H3. The van der Waals surface area contributed by atoms with E-state index in [0.29, 0.717) is 22.7 Å². The molecule has 120 valence electrons. The maximum Gasteiger partial charge on any atom is 0.315 e. The van der Waals surface area contributed by atoms with Crippen molar-refractivity contribution in [3.8, 4) is 0 Å². The van der Waals surface area contributed by atoms with Crippen LogP contribution < -0.4 is 5.32 Å². The largest absolute Gasteiger partial charge is 0.468 e. The highest BCUT2D eigenvalue weighted by molar-refractivity contribution is 6.30. The molecule has 1 heterocycles. The molecule has 1 aliphatic heterocycles. The summed E-state index contributed by atoms with van der Waals surface area (Å²) in [4.78, 5) is 24.9. The summed E-state index contributed by atoms with van der Waals surface area (Å²) in [5.41, 5.74) is 2.94. The zero-order chi connectivity index (χ0) is 16.6. The minimum absolute atomic E-state index is 0.0742. The Morgan fingerprint density at radius 2 is 2.17 bits per heavy atom. The summed E-state index contributed by atoms with van der Waals surface area (Å²) < 4.78 is 4.95. The first-order chi connectivity index (χ1) is 11.0. The molecule has 1 aromatic rings. The molecule has 0 radical (unpaired) electrons. The maximum absolute atomic E-state index is 12.5. The van der Waals surface area contributed by atoms with Gasteiger partial charge < -0.3 is 10.1 Å². The number of ether oxygens (including phenoxy) is 1. The van der Waals surface area contributed by atoms with Crippen molar-refractivity contribution in [3.05, 3.63) is 58.4 Å². The molecule has 0 spiro atoms. The van der Waals surface area contributed by atoms with Gasteiger partial charge in [0.15, 0.2) is 5.78 Å². The molecule has 3 rings (SSSR count). The summed E-state index contributed by atoms with van der Waals surface area (Å²) in [6.07, 6.45) is 2.09. The Labute approximate surface area is 140 Å². The van der Waals surface area contributed by atoms with Gasteiger partial charge in [0, 0.05) is 34.3 Å². The van der Waals surface area contributed by atoms with Crippen LogP contribution in [0.4, 0.5) is 0 Å². The van der Waals surface area contributed by atoms with Gasteiger partial charge in [0.05, 0.1) is 7.11 Å². The Balaban J connectivity index is 2.18. The molecule has 0 aromatic heterocycles. The minimum Gasteiger partial charge on any atom is -0.468 e. The van der Waals surface area contributed by atoms with E-state index >= 15 is 0 Å². The highest BCUT2D eigenvalue weighted by Crippen LogP contribution is 2.44. The summed E-state index contributed by atoms with van der Waals surface area (Å²) >= 11 is 6.12. The van der Waals surface area contributed by atoms with Crippen molar-refractivity contribution >= 4 is 23.4 Å². The Bertz CT molecular complexity index is 723. The summed E-state index contributed by atoms with van der Waals surface area (Å²) in [7, 11) is 1.34. The van der Waals surface area contributed by atoms with Crippen LogP contribution in [0.1, 0.15) is 30.7 Å². The van der Waals surface area contributed by atoms with Crippen LogP contribution in [0.3, 0.4) is 0 Å². The van der Waals surface area contributed by atoms with Crippen LogP contribution in [0, 0.1) is 5.92 Å². The van der Waals surface area contributed by atoms with Crippen LogP contribution in [0.2, 0.25) is 5.02 Å². The van der Waals surface area contributed by atoms with E-state index in [1.54, 1.807) is 12.1 Å². The molecule has 0 saturated carbocycles. The molecule has 2 atom stereocenters. The van der Waals surface area contributed by atoms with Gasteiger partial charge >= 0.3 is 5.97 Å². The number of allylic oxidation sites excluding steroid dienone is 2. The molecule has 1 N–H and O–H groups in total. The molecular weight excluding hydrogens is 314 g/mol. The first-order valence-corrected chi connectivity index (χ1v) is 7.96. The van der Waals surface area contributed by atoms with E-state index in [9.17, 15) is 9.59 Å².